The average Bonchev–Trinajstić information content (AvgIpc) is 1.90. The van der Waals surface area contributed by atoms with Crippen LogP contribution in [-0.2, 0) is 0 Å². The molecule has 0 aromatic heterocycles. The molecule has 0 atom stereocenters. The van der Waals surface area contributed by atoms with Gasteiger partial charge in [-0.15, -0.1) is 0 Å². The van der Waals surface area contributed by atoms with Gasteiger partial charge in [0, 0.05) is 6.99 Å². The average molecular weight is 121 g/mol. The molecule has 9 heavy (non-hydrogen) atoms. The predicted molar refractivity (Wildman–Crippen MR) is 37.6 cm³/mol. The van der Waals surface area contributed by atoms with E-state index in [1.807, 2.05) is 30.3 Å². The van der Waals surface area contributed by atoms with E-state index in [9.17, 15) is 4.79 Å². The van der Waals surface area contributed by atoms with E-state index < -0.39 is 0 Å². The first-order chi connectivity index (χ1) is 4.30. The summed E-state index contributed by atoms with van der Waals surface area (Å²) in [6.45, 7) is 1.56. The van der Waals surface area contributed by atoms with E-state index in [0.29, 0.717) is 0 Å². The van der Waals surface area contributed by atoms with Crippen molar-refractivity contribution in [2.75, 3.05) is 0 Å². The summed E-state index contributed by atoms with van der Waals surface area (Å²) in [5.41, 5.74) is 0.775. The van der Waals surface area contributed by atoms with Crippen LogP contribution in [0.2, 0.25) is 0 Å². The highest BCUT2D eigenvalue weighted by Gasteiger charge is 1.92. The number of carbonyl (C=O) groups excluding carboxylic acids is 1. The maximum atomic E-state index is 10.6. The lowest BCUT2D eigenvalue weighted by Gasteiger charge is -1.89. The van der Waals surface area contributed by atoms with Crippen molar-refractivity contribution in [3.63, 3.8) is 0 Å². The summed E-state index contributed by atoms with van der Waals surface area (Å²) in [5, 5.41) is 0. The normalized spacial score (nSPS) is 9.00. The monoisotopic (exact) mass is 121 g/mol. The van der Waals surface area contributed by atoms with Gasteiger partial charge in [-0.05, 0) is 6.92 Å². The highest BCUT2D eigenvalue weighted by Crippen LogP contribution is 1.97. The second-order valence-electron chi connectivity index (χ2n) is 1.92. The van der Waals surface area contributed by atoms with Gasteiger partial charge in [0.1, 0.15) is 0 Å². The van der Waals surface area contributed by atoms with Gasteiger partial charge in [-0.25, -0.2) is 0 Å². The molecule has 0 fully saturated rings. The summed E-state index contributed by atoms with van der Waals surface area (Å²) in [7, 11) is 0. The van der Waals surface area contributed by atoms with Gasteiger partial charge in [-0.2, -0.15) is 0 Å². The fraction of sp³-hybridized carbons (Fsp3) is 0.125. The lowest BCUT2D eigenvalue weighted by atomic mass is 10.2. The summed E-state index contributed by atoms with van der Waals surface area (Å²) in [5.74, 6) is 0.121. The van der Waals surface area contributed by atoms with Crippen LogP contribution in [0.4, 0.5) is 0 Å². The molecule has 0 amide bonds. The van der Waals surface area contributed by atoms with E-state index in [1.165, 1.54) is 0 Å². The third-order valence-corrected chi connectivity index (χ3v) is 1.18. The Hall–Kier alpha value is -1.11. The van der Waals surface area contributed by atoms with E-state index in [1.54, 1.807) is 6.92 Å². The van der Waals surface area contributed by atoms with Gasteiger partial charge in [0.2, 0.25) is 0 Å². The van der Waals surface area contributed by atoms with Crippen LogP contribution in [0.3, 0.4) is 0 Å². The summed E-state index contributed by atoms with van der Waals surface area (Å²) in [4.78, 5) is 10.6. The quantitative estimate of drug-likeness (QED) is 0.519. The largest absolute Gasteiger partial charge is 0.295 e. The first kappa shape index (κ1) is 6.02. The lowest BCUT2D eigenvalue weighted by molar-refractivity contribution is 0.101. The standard InChI is InChI=1S/C8H8O.H/c1-7(9)8-5-3-2-4-6-8;/h2-6H,1H3;. The highest BCUT2D eigenvalue weighted by molar-refractivity contribution is 5.93. The summed E-state index contributed by atoms with van der Waals surface area (Å²) >= 11 is 0. The SMILES string of the molecule is CC(=O)c1ccccc1.[H]. The molecule has 0 spiro atoms. The molecule has 0 unspecified atom stereocenters. The minimum absolute atomic E-state index is 0. The van der Waals surface area contributed by atoms with E-state index >= 15 is 0 Å². The molecule has 0 saturated carbocycles. The topological polar surface area (TPSA) is 17.1 Å². The van der Waals surface area contributed by atoms with E-state index in [0.717, 1.165) is 5.56 Å². The molecule has 1 nitrogen and oxygen atoms in total. The molecule has 1 aromatic rings. The van der Waals surface area contributed by atoms with E-state index in [-0.39, 0.29) is 7.21 Å². The smallest absolute Gasteiger partial charge is 0.159 e. The Kier molecular flexibility index (Phi) is 1.63. The van der Waals surface area contributed by atoms with Crippen LogP contribution < -0.4 is 0 Å². The van der Waals surface area contributed by atoms with Crippen molar-refractivity contribution in [2.24, 2.45) is 0 Å². The Morgan fingerprint density at radius 2 is 1.89 bits per heavy atom. The van der Waals surface area contributed by atoms with Gasteiger partial charge in [0.25, 0.3) is 0 Å². The molecular formula is C8H9O. The molecule has 0 aliphatic heterocycles. The molecule has 47 valence electrons. The fourth-order valence-corrected chi connectivity index (χ4v) is 0.673. The van der Waals surface area contributed by atoms with Crippen molar-refractivity contribution in [2.45, 2.75) is 6.92 Å². The van der Waals surface area contributed by atoms with Crippen LogP contribution in [0.5, 0.6) is 0 Å². The van der Waals surface area contributed by atoms with Gasteiger partial charge in [-0.3, -0.25) is 4.79 Å². The Balaban J connectivity index is 0.000000810. The zero-order valence-electron chi connectivity index (χ0n) is 6.29. The minimum Gasteiger partial charge on any atom is -0.295 e. The molecule has 1 radical (unpaired) electrons. The summed E-state index contributed by atoms with van der Waals surface area (Å²) in [6.07, 6.45) is 0. The maximum Gasteiger partial charge on any atom is 0.159 e. The minimum atomic E-state index is 0. The molecule has 0 bridgehead atoms. The Labute approximate surface area is 55.8 Å². The van der Waals surface area contributed by atoms with Crippen molar-refractivity contribution in [3.05, 3.63) is 35.9 Å². The molecule has 0 saturated heterocycles. The third kappa shape index (κ3) is 1.39. The first-order valence-electron chi connectivity index (χ1n) is 2.86. The number of ketones is 1. The Morgan fingerprint density at radius 1 is 1.33 bits per heavy atom. The molecule has 0 N–H and O–H groups in total. The molecule has 1 aromatic carbocycles. The van der Waals surface area contributed by atoms with Gasteiger partial charge in [0.15, 0.2) is 5.78 Å². The van der Waals surface area contributed by atoms with Crippen molar-refractivity contribution in [1.29, 1.82) is 0 Å². The number of hydrogen-bond acceptors (Lipinski definition) is 1. The van der Waals surface area contributed by atoms with Crippen LogP contribution in [-0.4, -0.2) is 5.78 Å². The second-order valence-corrected chi connectivity index (χ2v) is 1.92. The fourth-order valence-electron chi connectivity index (χ4n) is 0.673. The molecule has 0 aliphatic rings. The Morgan fingerprint density at radius 3 is 2.22 bits per heavy atom. The molecule has 1 rings (SSSR count). The molecule has 0 aliphatic carbocycles. The molecular weight excluding hydrogens is 112 g/mol. The van der Waals surface area contributed by atoms with Gasteiger partial charge < -0.3 is 0 Å². The van der Waals surface area contributed by atoms with Crippen molar-refractivity contribution in [1.82, 2.24) is 0 Å². The third-order valence-electron chi connectivity index (χ3n) is 1.18. The zero-order valence-corrected chi connectivity index (χ0v) is 5.29. The van der Waals surface area contributed by atoms with E-state index in [2.05, 4.69) is 0 Å². The Bertz CT molecular complexity index is 206. The molecule has 1 heteroatoms. The summed E-state index contributed by atoms with van der Waals surface area (Å²) in [6, 6.07) is 9.23. The number of carbonyl (C=O) groups is 1. The van der Waals surface area contributed by atoms with Crippen LogP contribution in [0.25, 0.3) is 0 Å². The first-order valence-corrected chi connectivity index (χ1v) is 2.86. The van der Waals surface area contributed by atoms with Gasteiger partial charge >= 0.3 is 0 Å². The number of benzene rings is 1. The van der Waals surface area contributed by atoms with Crippen molar-refractivity contribution >= 4 is 5.78 Å². The number of rotatable bonds is 1. The lowest BCUT2D eigenvalue weighted by Crippen LogP contribution is -1.88. The second kappa shape index (κ2) is 2.44. The van der Waals surface area contributed by atoms with Crippen molar-refractivity contribution in [3.8, 4) is 0 Å². The highest BCUT2D eigenvalue weighted by atomic mass is 16.1. The maximum absolute atomic E-state index is 10.6. The predicted octanol–water partition coefficient (Wildman–Crippen LogP) is 2.00. The van der Waals surface area contributed by atoms with Gasteiger partial charge in [0.05, 0.1) is 0 Å². The molecule has 0 heterocycles. The van der Waals surface area contributed by atoms with Crippen LogP contribution in [0.15, 0.2) is 30.3 Å². The summed E-state index contributed by atoms with van der Waals surface area (Å²) < 4.78 is 0. The zero-order chi connectivity index (χ0) is 6.69. The number of Topliss-reactive ketones (excluding diaryl/α,β-unsaturated/α-hetero) is 1. The van der Waals surface area contributed by atoms with Gasteiger partial charge in [-0.1, -0.05) is 30.3 Å². The van der Waals surface area contributed by atoms with Crippen LogP contribution in [0.1, 0.15) is 18.7 Å². The van der Waals surface area contributed by atoms with E-state index in [4.69, 9.17) is 0 Å². The van der Waals surface area contributed by atoms with Crippen LogP contribution >= 0.6 is 0 Å². The number of hydrogen-bond donors (Lipinski definition) is 0. The van der Waals surface area contributed by atoms with Crippen molar-refractivity contribution < 1.29 is 6.22 Å². The van der Waals surface area contributed by atoms with Crippen LogP contribution in [0, 0.1) is 0 Å².